The Morgan fingerprint density at radius 1 is 1.08 bits per heavy atom. The number of pyridine rings is 1. The molecule has 2 amide bonds. The van der Waals surface area contributed by atoms with Crippen LogP contribution in [0.4, 0.5) is 26.5 Å². The van der Waals surface area contributed by atoms with Crippen molar-refractivity contribution < 1.29 is 18.7 Å². The lowest BCUT2D eigenvalue weighted by Gasteiger charge is -2.35. The first-order valence-corrected chi connectivity index (χ1v) is 11.4. The van der Waals surface area contributed by atoms with Crippen LogP contribution in [-0.2, 0) is 4.74 Å². The van der Waals surface area contributed by atoms with Gasteiger partial charge in [-0.25, -0.2) is 19.2 Å². The highest BCUT2D eigenvalue weighted by Crippen LogP contribution is 2.23. The molecule has 1 aromatic carbocycles. The van der Waals surface area contributed by atoms with Crippen LogP contribution in [0.1, 0.15) is 31.1 Å². The maximum absolute atomic E-state index is 13.9. The van der Waals surface area contributed by atoms with Crippen LogP contribution in [0.2, 0.25) is 0 Å². The van der Waals surface area contributed by atoms with E-state index in [1.807, 2.05) is 25.7 Å². The maximum Gasteiger partial charge on any atom is 0.410 e. The predicted octanol–water partition coefficient (Wildman–Crippen LogP) is 2.81. The number of halogens is 1. The SMILES string of the molecule is CNc1cc(F)cc2cc(C(=O)Nc3cnc(N4CCN(C(=O)OC(C)(C)C)CC4)nc3)c(=O)[nH]c12. The van der Waals surface area contributed by atoms with Crippen LogP contribution in [0, 0.1) is 5.82 Å². The number of hydrogen-bond donors (Lipinski definition) is 3. The Morgan fingerprint density at radius 3 is 2.36 bits per heavy atom. The summed E-state index contributed by atoms with van der Waals surface area (Å²) in [7, 11) is 1.61. The number of carbonyl (C=O) groups is 2. The molecule has 11 nitrogen and oxygen atoms in total. The molecule has 0 saturated carbocycles. The van der Waals surface area contributed by atoms with Crippen molar-refractivity contribution in [2.45, 2.75) is 26.4 Å². The fourth-order valence-corrected chi connectivity index (χ4v) is 3.81. The van der Waals surface area contributed by atoms with Crippen molar-refractivity contribution in [2.75, 3.05) is 48.8 Å². The Bertz CT molecular complexity index is 1340. The Balaban J connectivity index is 1.41. The molecule has 0 aliphatic carbocycles. The van der Waals surface area contributed by atoms with E-state index < -0.39 is 22.9 Å². The van der Waals surface area contributed by atoms with Crippen LogP contribution >= 0.6 is 0 Å². The van der Waals surface area contributed by atoms with Crippen molar-refractivity contribution in [3.8, 4) is 0 Å². The van der Waals surface area contributed by atoms with Gasteiger partial charge in [0, 0.05) is 38.6 Å². The van der Waals surface area contributed by atoms with Crippen molar-refractivity contribution in [2.24, 2.45) is 0 Å². The number of benzene rings is 1. The summed E-state index contributed by atoms with van der Waals surface area (Å²) in [4.78, 5) is 52.3. The van der Waals surface area contributed by atoms with Gasteiger partial charge in [-0.1, -0.05) is 0 Å². The van der Waals surface area contributed by atoms with Gasteiger partial charge in [0.15, 0.2) is 0 Å². The van der Waals surface area contributed by atoms with E-state index in [-0.39, 0.29) is 11.7 Å². The van der Waals surface area contributed by atoms with Crippen LogP contribution < -0.4 is 21.1 Å². The number of nitrogens with zero attached hydrogens (tertiary/aromatic N) is 4. The first-order valence-electron chi connectivity index (χ1n) is 11.4. The van der Waals surface area contributed by atoms with Gasteiger partial charge in [0.05, 0.1) is 29.3 Å². The third-order valence-electron chi connectivity index (χ3n) is 5.54. The van der Waals surface area contributed by atoms with Gasteiger partial charge in [-0.15, -0.1) is 0 Å². The van der Waals surface area contributed by atoms with E-state index in [0.29, 0.717) is 54.4 Å². The van der Waals surface area contributed by atoms with E-state index in [1.165, 1.54) is 30.6 Å². The van der Waals surface area contributed by atoms with Crippen molar-refractivity contribution in [1.82, 2.24) is 19.9 Å². The second-order valence-electron chi connectivity index (χ2n) is 9.36. The molecule has 1 fully saturated rings. The standard InChI is InChI=1S/C24H28FN7O4/c1-24(2,3)36-23(35)32-7-5-31(6-8-32)22-27-12-16(13-28-22)29-20(33)17-10-14-9-15(25)11-18(26-4)19(14)30-21(17)34/h9-13,26H,5-8H2,1-4H3,(H,29,33)(H,30,34). The van der Waals surface area contributed by atoms with E-state index in [4.69, 9.17) is 4.74 Å². The number of amides is 2. The Kier molecular flexibility index (Phi) is 6.77. The molecule has 190 valence electrons. The fourth-order valence-electron chi connectivity index (χ4n) is 3.81. The Labute approximate surface area is 206 Å². The summed E-state index contributed by atoms with van der Waals surface area (Å²) in [5, 5.41) is 5.79. The Hall–Kier alpha value is -4.22. The highest BCUT2D eigenvalue weighted by molar-refractivity contribution is 6.06. The number of aromatic nitrogens is 3. The maximum atomic E-state index is 13.9. The number of piperazine rings is 1. The molecule has 0 unspecified atom stereocenters. The van der Waals surface area contributed by atoms with E-state index in [2.05, 4.69) is 25.6 Å². The monoisotopic (exact) mass is 497 g/mol. The average molecular weight is 498 g/mol. The van der Waals surface area contributed by atoms with Crippen LogP contribution in [0.15, 0.2) is 35.4 Å². The van der Waals surface area contributed by atoms with Gasteiger partial charge < -0.3 is 30.2 Å². The van der Waals surface area contributed by atoms with Gasteiger partial charge in [0.2, 0.25) is 5.95 Å². The lowest BCUT2D eigenvalue weighted by atomic mass is 10.1. The summed E-state index contributed by atoms with van der Waals surface area (Å²) < 4.78 is 19.3. The number of nitrogens with one attached hydrogen (secondary N) is 3. The third kappa shape index (κ3) is 5.53. The van der Waals surface area contributed by atoms with Crippen LogP contribution in [-0.4, -0.2) is 70.7 Å². The molecule has 0 spiro atoms. The first kappa shape index (κ1) is 24.9. The minimum absolute atomic E-state index is 0.169. The number of ether oxygens (including phenoxy) is 1. The summed E-state index contributed by atoms with van der Waals surface area (Å²) in [6, 6.07) is 3.84. The summed E-state index contributed by atoms with van der Waals surface area (Å²) >= 11 is 0. The van der Waals surface area contributed by atoms with Crippen molar-refractivity contribution in [3.63, 3.8) is 0 Å². The molecule has 3 N–H and O–H groups in total. The van der Waals surface area contributed by atoms with Gasteiger partial charge in [-0.3, -0.25) is 9.59 Å². The predicted molar refractivity (Wildman–Crippen MR) is 134 cm³/mol. The number of anilines is 3. The molecule has 4 rings (SSSR count). The van der Waals surface area contributed by atoms with Crippen LogP contribution in [0.25, 0.3) is 10.9 Å². The number of fused-ring (bicyclic) bond motifs is 1. The topological polar surface area (TPSA) is 133 Å². The molecule has 2 aromatic heterocycles. The average Bonchev–Trinajstić information content (AvgIpc) is 2.83. The van der Waals surface area contributed by atoms with E-state index in [9.17, 15) is 18.8 Å². The number of carbonyl (C=O) groups excluding carboxylic acids is 2. The molecule has 1 saturated heterocycles. The molecule has 0 atom stereocenters. The molecule has 1 aliphatic heterocycles. The molecule has 0 bridgehead atoms. The van der Waals surface area contributed by atoms with Gasteiger partial charge >= 0.3 is 6.09 Å². The number of aromatic amines is 1. The molecule has 3 aromatic rings. The van der Waals surface area contributed by atoms with Crippen molar-refractivity contribution in [3.05, 3.63) is 52.3 Å². The van der Waals surface area contributed by atoms with Crippen LogP contribution in [0.5, 0.6) is 0 Å². The van der Waals surface area contributed by atoms with Gasteiger partial charge in [-0.2, -0.15) is 0 Å². The van der Waals surface area contributed by atoms with Crippen molar-refractivity contribution >= 4 is 40.2 Å². The number of hydrogen-bond acceptors (Lipinski definition) is 8. The molecule has 36 heavy (non-hydrogen) atoms. The van der Waals surface area contributed by atoms with Crippen molar-refractivity contribution in [1.29, 1.82) is 0 Å². The molecular formula is C24H28FN7O4. The van der Waals surface area contributed by atoms with Gasteiger partial charge in [0.1, 0.15) is 17.0 Å². The lowest BCUT2D eigenvalue weighted by Crippen LogP contribution is -2.50. The highest BCUT2D eigenvalue weighted by Gasteiger charge is 2.26. The minimum Gasteiger partial charge on any atom is -0.444 e. The summed E-state index contributed by atoms with van der Waals surface area (Å²) in [5.74, 6) is -0.715. The molecule has 0 radical (unpaired) electrons. The third-order valence-corrected chi connectivity index (χ3v) is 5.54. The zero-order chi connectivity index (χ0) is 26.0. The van der Waals surface area contributed by atoms with Crippen LogP contribution in [0.3, 0.4) is 0 Å². The van der Waals surface area contributed by atoms with Gasteiger partial charge in [0.25, 0.3) is 11.5 Å². The zero-order valence-electron chi connectivity index (χ0n) is 20.5. The summed E-state index contributed by atoms with van der Waals surface area (Å²) in [5.41, 5.74) is -0.224. The van der Waals surface area contributed by atoms with Gasteiger partial charge in [-0.05, 0) is 39.0 Å². The second kappa shape index (κ2) is 9.80. The number of rotatable bonds is 4. The second-order valence-corrected chi connectivity index (χ2v) is 9.36. The highest BCUT2D eigenvalue weighted by atomic mass is 19.1. The fraction of sp³-hybridized carbons (Fsp3) is 0.375. The molecular weight excluding hydrogens is 469 g/mol. The smallest absolute Gasteiger partial charge is 0.410 e. The quantitative estimate of drug-likeness (QED) is 0.501. The van der Waals surface area contributed by atoms with E-state index >= 15 is 0 Å². The molecule has 12 heteroatoms. The molecule has 3 heterocycles. The summed E-state index contributed by atoms with van der Waals surface area (Å²) in [6.45, 7) is 7.47. The normalized spacial score (nSPS) is 14.0. The largest absolute Gasteiger partial charge is 0.444 e. The summed E-state index contributed by atoms with van der Waals surface area (Å²) in [6.07, 6.45) is 2.53. The van der Waals surface area contributed by atoms with E-state index in [1.54, 1.807) is 11.9 Å². The molecule has 1 aliphatic rings. The lowest BCUT2D eigenvalue weighted by molar-refractivity contribution is 0.0240. The zero-order valence-corrected chi connectivity index (χ0v) is 20.5. The van der Waals surface area contributed by atoms with E-state index in [0.717, 1.165) is 0 Å². The Morgan fingerprint density at radius 2 is 1.75 bits per heavy atom. The minimum atomic E-state index is -0.671. The first-order chi connectivity index (χ1) is 17.0. The number of H-pyrrole nitrogens is 1.